The van der Waals surface area contributed by atoms with E-state index in [-0.39, 0.29) is 12.2 Å². The van der Waals surface area contributed by atoms with Crippen LogP contribution in [0.4, 0.5) is 10.1 Å². The SMILES string of the molecule is CC(C)(C)OC(=O)CNc1c(F)cccc1Br. The average molecular weight is 304 g/mol. The van der Waals surface area contributed by atoms with E-state index in [1.807, 2.05) is 0 Å². The van der Waals surface area contributed by atoms with Crippen molar-refractivity contribution in [3.8, 4) is 0 Å². The van der Waals surface area contributed by atoms with Crippen LogP contribution in [0.25, 0.3) is 0 Å². The Hall–Kier alpha value is -1.10. The quantitative estimate of drug-likeness (QED) is 0.870. The molecule has 0 bridgehead atoms. The number of esters is 1. The van der Waals surface area contributed by atoms with Crippen LogP contribution in [0.3, 0.4) is 0 Å². The van der Waals surface area contributed by atoms with Gasteiger partial charge >= 0.3 is 5.97 Å². The summed E-state index contributed by atoms with van der Waals surface area (Å²) in [5.41, 5.74) is -0.274. The normalized spacial score (nSPS) is 11.1. The third-order valence-electron chi connectivity index (χ3n) is 1.79. The topological polar surface area (TPSA) is 38.3 Å². The van der Waals surface area contributed by atoms with Crippen molar-refractivity contribution in [3.63, 3.8) is 0 Å². The van der Waals surface area contributed by atoms with Crippen LogP contribution in [-0.4, -0.2) is 18.1 Å². The molecule has 0 spiro atoms. The number of hydrogen-bond acceptors (Lipinski definition) is 3. The zero-order valence-corrected chi connectivity index (χ0v) is 11.6. The second-order valence-corrected chi connectivity index (χ2v) is 5.39. The van der Waals surface area contributed by atoms with Crippen LogP contribution in [0.1, 0.15) is 20.8 Å². The summed E-state index contributed by atoms with van der Waals surface area (Å²) in [7, 11) is 0. The van der Waals surface area contributed by atoms with E-state index in [0.29, 0.717) is 4.47 Å². The Labute approximate surface area is 108 Å². The van der Waals surface area contributed by atoms with Crippen LogP contribution in [0.15, 0.2) is 22.7 Å². The van der Waals surface area contributed by atoms with Gasteiger partial charge in [0, 0.05) is 4.47 Å². The van der Waals surface area contributed by atoms with Gasteiger partial charge in [-0.05, 0) is 48.8 Å². The first-order valence-corrected chi connectivity index (χ1v) is 5.98. The molecule has 0 unspecified atom stereocenters. The van der Waals surface area contributed by atoms with Gasteiger partial charge in [-0.2, -0.15) is 0 Å². The minimum absolute atomic E-state index is 0.0726. The highest BCUT2D eigenvalue weighted by Gasteiger charge is 2.16. The number of carbonyl (C=O) groups excluding carboxylic acids is 1. The molecule has 1 aromatic rings. The Morgan fingerprint density at radius 3 is 2.65 bits per heavy atom. The lowest BCUT2D eigenvalue weighted by atomic mass is 10.2. The van der Waals surface area contributed by atoms with Crippen molar-refractivity contribution in [2.75, 3.05) is 11.9 Å². The van der Waals surface area contributed by atoms with Gasteiger partial charge in [-0.25, -0.2) is 4.39 Å². The minimum Gasteiger partial charge on any atom is -0.459 e. The number of para-hydroxylation sites is 1. The van der Waals surface area contributed by atoms with Gasteiger partial charge in [0.2, 0.25) is 0 Å². The van der Waals surface area contributed by atoms with Crippen LogP contribution in [0.2, 0.25) is 0 Å². The maximum absolute atomic E-state index is 13.4. The molecule has 0 heterocycles. The summed E-state index contributed by atoms with van der Waals surface area (Å²) in [4.78, 5) is 11.4. The van der Waals surface area contributed by atoms with Crippen molar-refractivity contribution < 1.29 is 13.9 Å². The Morgan fingerprint density at radius 2 is 2.12 bits per heavy atom. The summed E-state index contributed by atoms with van der Waals surface area (Å²) >= 11 is 3.20. The van der Waals surface area contributed by atoms with Gasteiger partial charge in [-0.3, -0.25) is 4.79 Å². The molecule has 1 rings (SSSR count). The molecule has 0 saturated heterocycles. The number of benzene rings is 1. The number of carbonyl (C=O) groups is 1. The first kappa shape index (κ1) is 14.0. The van der Waals surface area contributed by atoms with Gasteiger partial charge < -0.3 is 10.1 Å². The van der Waals surface area contributed by atoms with E-state index in [1.165, 1.54) is 6.07 Å². The van der Waals surface area contributed by atoms with Gasteiger partial charge in [0.25, 0.3) is 0 Å². The Morgan fingerprint density at radius 1 is 1.47 bits per heavy atom. The molecule has 0 amide bonds. The number of anilines is 1. The van der Waals surface area contributed by atoms with E-state index in [9.17, 15) is 9.18 Å². The fraction of sp³-hybridized carbons (Fsp3) is 0.417. The van der Waals surface area contributed by atoms with Crippen molar-refractivity contribution >= 4 is 27.6 Å². The highest BCUT2D eigenvalue weighted by atomic mass is 79.9. The molecule has 0 aliphatic rings. The number of halogens is 2. The van der Waals surface area contributed by atoms with Gasteiger partial charge in [0.05, 0.1) is 5.69 Å². The number of ether oxygens (including phenoxy) is 1. The molecule has 94 valence electrons. The number of nitrogens with one attached hydrogen (secondary N) is 1. The van der Waals surface area contributed by atoms with Crippen molar-refractivity contribution in [1.82, 2.24) is 0 Å². The van der Waals surface area contributed by atoms with Crippen LogP contribution < -0.4 is 5.32 Å². The van der Waals surface area contributed by atoms with E-state index in [1.54, 1.807) is 32.9 Å². The molecule has 1 N–H and O–H groups in total. The van der Waals surface area contributed by atoms with Crippen molar-refractivity contribution in [3.05, 3.63) is 28.5 Å². The standard InChI is InChI=1S/C12H15BrFNO2/c1-12(2,3)17-10(16)7-15-11-8(13)5-4-6-9(11)14/h4-6,15H,7H2,1-3H3. The van der Waals surface area contributed by atoms with Gasteiger partial charge in [0.1, 0.15) is 18.0 Å². The molecule has 0 aliphatic heterocycles. The van der Waals surface area contributed by atoms with Crippen LogP contribution in [0.5, 0.6) is 0 Å². The Kier molecular flexibility index (Phi) is 4.51. The maximum atomic E-state index is 13.4. The molecule has 0 fully saturated rings. The van der Waals surface area contributed by atoms with Crippen LogP contribution in [0, 0.1) is 5.82 Å². The zero-order chi connectivity index (χ0) is 13.1. The average Bonchev–Trinajstić information content (AvgIpc) is 2.14. The molecule has 1 aromatic carbocycles. The molecule has 0 radical (unpaired) electrons. The highest BCUT2D eigenvalue weighted by molar-refractivity contribution is 9.10. The van der Waals surface area contributed by atoms with Crippen molar-refractivity contribution in [2.24, 2.45) is 0 Å². The third-order valence-corrected chi connectivity index (χ3v) is 2.45. The summed E-state index contributed by atoms with van der Waals surface area (Å²) in [6.45, 7) is 5.27. The smallest absolute Gasteiger partial charge is 0.325 e. The van der Waals surface area contributed by atoms with E-state index >= 15 is 0 Å². The fourth-order valence-electron chi connectivity index (χ4n) is 1.20. The second-order valence-electron chi connectivity index (χ2n) is 4.54. The lowest BCUT2D eigenvalue weighted by Crippen LogP contribution is -2.28. The molecule has 17 heavy (non-hydrogen) atoms. The van der Waals surface area contributed by atoms with Gasteiger partial charge in [-0.15, -0.1) is 0 Å². The lowest BCUT2D eigenvalue weighted by molar-refractivity contribution is -0.152. The van der Waals surface area contributed by atoms with Crippen molar-refractivity contribution in [2.45, 2.75) is 26.4 Å². The monoisotopic (exact) mass is 303 g/mol. The minimum atomic E-state index is -0.536. The van der Waals surface area contributed by atoms with Crippen molar-refractivity contribution in [1.29, 1.82) is 0 Å². The third kappa shape index (κ3) is 4.73. The highest BCUT2D eigenvalue weighted by Crippen LogP contribution is 2.24. The molecule has 0 aromatic heterocycles. The van der Waals surface area contributed by atoms with Gasteiger partial charge in [0.15, 0.2) is 0 Å². The van der Waals surface area contributed by atoms with Crippen LogP contribution >= 0.6 is 15.9 Å². The van der Waals surface area contributed by atoms with E-state index in [2.05, 4.69) is 21.2 Å². The lowest BCUT2D eigenvalue weighted by Gasteiger charge is -2.20. The molecule has 0 atom stereocenters. The number of rotatable bonds is 3. The van der Waals surface area contributed by atoms with E-state index in [0.717, 1.165) is 0 Å². The number of hydrogen-bond donors (Lipinski definition) is 1. The fourth-order valence-corrected chi connectivity index (χ4v) is 1.69. The summed E-state index contributed by atoms with van der Waals surface area (Å²) in [5, 5.41) is 2.71. The first-order valence-electron chi connectivity index (χ1n) is 5.19. The molecular formula is C12H15BrFNO2. The van der Waals surface area contributed by atoms with E-state index < -0.39 is 17.4 Å². The Bertz CT molecular complexity index is 395. The molecular weight excluding hydrogens is 289 g/mol. The van der Waals surface area contributed by atoms with E-state index in [4.69, 9.17) is 4.74 Å². The second kappa shape index (κ2) is 5.49. The summed E-state index contributed by atoms with van der Waals surface area (Å²) in [6.07, 6.45) is 0. The molecule has 5 heteroatoms. The van der Waals surface area contributed by atoms with Crippen LogP contribution in [-0.2, 0) is 9.53 Å². The Balaban J connectivity index is 2.59. The maximum Gasteiger partial charge on any atom is 0.325 e. The van der Waals surface area contributed by atoms with Gasteiger partial charge in [-0.1, -0.05) is 6.07 Å². The zero-order valence-electron chi connectivity index (χ0n) is 10.0. The summed E-state index contributed by atoms with van der Waals surface area (Å²) in [5.74, 6) is -0.837. The predicted molar refractivity (Wildman–Crippen MR) is 68.4 cm³/mol. The molecule has 0 saturated carbocycles. The first-order chi connectivity index (χ1) is 7.79. The summed E-state index contributed by atoms with van der Waals surface area (Å²) < 4.78 is 19.1. The molecule has 0 aliphatic carbocycles. The molecule has 3 nitrogen and oxygen atoms in total. The largest absolute Gasteiger partial charge is 0.459 e. The predicted octanol–water partition coefficient (Wildman–Crippen LogP) is 3.34. The summed E-state index contributed by atoms with van der Waals surface area (Å²) in [6, 6.07) is 4.60.